The molecule has 6 nitrogen and oxygen atoms in total. The summed E-state index contributed by atoms with van der Waals surface area (Å²) in [4.78, 5) is 26.9. The second-order valence-corrected chi connectivity index (χ2v) is 8.18. The predicted octanol–water partition coefficient (Wildman–Crippen LogP) is 2.55. The highest BCUT2D eigenvalue weighted by molar-refractivity contribution is 5.95. The molecule has 3 N–H and O–H groups in total. The number of piperidine rings is 1. The minimum absolute atomic E-state index is 0.0365. The molecular formula is C22H33N3O3. The van der Waals surface area contributed by atoms with Crippen molar-refractivity contribution in [3.63, 3.8) is 0 Å². The van der Waals surface area contributed by atoms with Gasteiger partial charge in [-0.15, -0.1) is 0 Å². The second kappa shape index (κ2) is 9.41. The van der Waals surface area contributed by atoms with Crippen molar-refractivity contribution in [2.45, 2.75) is 58.4 Å². The van der Waals surface area contributed by atoms with E-state index in [0.29, 0.717) is 23.8 Å². The predicted molar refractivity (Wildman–Crippen MR) is 109 cm³/mol. The van der Waals surface area contributed by atoms with Crippen LogP contribution in [0.25, 0.3) is 0 Å². The van der Waals surface area contributed by atoms with Gasteiger partial charge in [0.25, 0.3) is 11.8 Å². The van der Waals surface area contributed by atoms with Crippen LogP contribution in [-0.2, 0) is 4.79 Å². The van der Waals surface area contributed by atoms with Gasteiger partial charge in [0.1, 0.15) is 5.75 Å². The van der Waals surface area contributed by atoms with Crippen LogP contribution in [0.15, 0.2) is 12.1 Å². The molecule has 1 saturated carbocycles. The molecule has 3 rings (SSSR count). The Labute approximate surface area is 167 Å². The summed E-state index contributed by atoms with van der Waals surface area (Å²) in [6.07, 6.45) is 6.52. The van der Waals surface area contributed by atoms with Crippen LogP contribution in [0.2, 0.25) is 0 Å². The number of carbonyl (C=O) groups is 2. The SMILES string of the molecule is Cc1cc(C(=O)NC2CCCC2CN)cc(C)c1OCC(=O)N1CCCCC1. The topological polar surface area (TPSA) is 84.7 Å². The normalized spacial score (nSPS) is 22.2. The molecule has 2 atom stereocenters. The number of hydrogen-bond donors (Lipinski definition) is 2. The highest BCUT2D eigenvalue weighted by Crippen LogP contribution is 2.27. The highest BCUT2D eigenvalue weighted by atomic mass is 16.5. The van der Waals surface area contributed by atoms with E-state index in [-0.39, 0.29) is 24.5 Å². The van der Waals surface area contributed by atoms with E-state index < -0.39 is 0 Å². The average Bonchev–Trinajstić information content (AvgIpc) is 3.14. The first-order valence-electron chi connectivity index (χ1n) is 10.5. The van der Waals surface area contributed by atoms with E-state index in [1.165, 1.54) is 6.42 Å². The first-order valence-corrected chi connectivity index (χ1v) is 10.5. The van der Waals surface area contributed by atoms with Crippen LogP contribution in [0, 0.1) is 19.8 Å². The molecule has 1 aliphatic heterocycles. The van der Waals surface area contributed by atoms with E-state index in [0.717, 1.165) is 56.3 Å². The summed E-state index contributed by atoms with van der Waals surface area (Å²) < 4.78 is 5.85. The third-order valence-corrected chi connectivity index (χ3v) is 6.05. The smallest absolute Gasteiger partial charge is 0.260 e. The Morgan fingerprint density at radius 3 is 2.43 bits per heavy atom. The molecule has 6 heteroatoms. The Hall–Kier alpha value is -2.08. The van der Waals surface area contributed by atoms with Gasteiger partial charge in [0, 0.05) is 24.7 Å². The molecule has 1 aliphatic carbocycles. The van der Waals surface area contributed by atoms with Crippen molar-refractivity contribution < 1.29 is 14.3 Å². The zero-order valence-electron chi connectivity index (χ0n) is 17.1. The molecule has 2 amide bonds. The zero-order valence-corrected chi connectivity index (χ0v) is 17.1. The molecule has 0 radical (unpaired) electrons. The Kier molecular flexibility index (Phi) is 6.94. The van der Waals surface area contributed by atoms with Crippen LogP contribution < -0.4 is 15.8 Å². The van der Waals surface area contributed by atoms with Crippen LogP contribution in [0.3, 0.4) is 0 Å². The molecule has 2 fully saturated rings. The lowest BCUT2D eigenvalue weighted by Gasteiger charge is -2.27. The van der Waals surface area contributed by atoms with E-state index in [9.17, 15) is 9.59 Å². The summed E-state index contributed by atoms with van der Waals surface area (Å²) in [5, 5.41) is 3.14. The molecule has 2 aliphatic rings. The van der Waals surface area contributed by atoms with Gasteiger partial charge in [-0.2, -0.15) is 0 Å². The number of likely N-dealkylation sites (tertiary alicyclic amines) is 1. The quantitative estimate of drug-likeness (QED) is 0.786. The van der Waals surface area contributed by atoms with Gasteiger partial charge < -0.3 is 20.7 Å². The van der Waals surface area contributed by atoms with E-state index in [2.05, 4.69) is 5.32 Å². The Balaban J connectivity index is 1.61. The molecule has 154 valence electrons. The molecule has 1 aromatic rings. The van der Waals surface area contributed by atoms with Crippen LogP contribution in [0.4, 0.5) is 0 Å². The third kappa shape index (κ3) is 4.85. The third-order valence-electron chi connectivity index (χ3n) is 6.05. The molecule has 1 aromatic carbocycles. The summed E-state index contributed by atoms with van der Waals surface area (Å²) in [6, 6.07) is 3.85. The van der Waals surface area contributed by atoms with Gasteiger partial charge in [-0.05, 0) is 81.7 Å². The second-order valence-electron chi connectivity index (χ2n) is 8.18. The van der Waals surface area contributed by atoms with E-state index >= 15 is 0 Å². The van der Waals surface area contributed by atoms with Crippen molar-refractivity contribution in [3.8, 4) is 5.75 Å². The molecule has 2 unspecified atom stereocenters. The number of ether oxygens (including phenoxy) is 1. The fourth-order valence-corrected chi connectivity index (χ4v) is 4.44. The number of hydrogen-bond acceptors (Lipinski definition) is 4. The van der Waals surface area contributed by atoms with Gasteiger partial charge in [-0.25, -0.2) is 0 Å². The van der Waals surface area contributed by atoms with Crippen molar-refractivity contribution in [2.75, 3.05) is 26.2 Å². The highest BCUT2D eigenvalue weighted by Gasteiger charge is 2.28. The zero-order chi connectivity index (χ0) is 20.1. The minimum atomic E-state index is -0.0625. The number of carbonyl (C=O) groups excluding carboxylic acids is 2. The number of nitrogens with two attached hydrogens (primary N) is 1. The maximum Gasteiger partial charge on any atom is 0.260 e. The van der Waals surface area contributed by atoms with Crippen LogP contribution >= 0.6 is 0 Å². The number of benzene rings is 1. The number of amides is 2. The Morgan fingerprint density at radius 2 is 1.79 bits per heavy atom. The van der Waals surface area contributed by atoms with Gasteiger partial charge in [0.15, 0.2) is 6.61 Å². The summed E-state index contributed by atoms with van der Waals surface area (Å²) in [7, 11) is 0. The number of nitrogens with zero attached hydrogens (tertiary/aromatic N) is 1. The van der Waals surface area contributed by atoms with Gasteiger partial charge in [0.05, 0.1) is 0 Å². The van der Waals surface area contributed by atoms with E-state index in [1.807, 2.05) is 30.9 Å². The van der Waals surface area contributed by atoms with Gasteiger partial charge in [0.2, 0.25) is 0 Å². The summed E-state index contributed by atoms with van der Waals surface area (Å²) >= 11 is 0. The molecule has 0 aromatic heterocycles. The Morgan fingerprint density at radius 1 is 1.11 bits per heavy atom. The van der Waals surface area contributed by atoms with Gasteiger partial charge in [-0.3, -0.25) is 9.59 Å². The fraction of sp³-hybridized carbons (Fsp3) is 0.636. The van der Waals surface area contributed by atoms with Gasteiger partial charge >= 0.3 is 0 Å². The molecular weight excluding hydrogens is 354 g/mol. The molecule has 0 spiro atoms. The first-order chi connectivity index (χ1) is 13.5. The number of nitrogens with one attached hydrogen (secondary N) is 1. The van der Waals surface area contributed by atoms with E-state index in [4.69, 9.17) is 10.5 Å². The molecule has 0 bridgehead atoms. The Bertz CT molecular complexity index is 690. The van der Waals surface area contributed by atoms with Crippen LogP contribution in [0.5, 0.6) is 5.75 Å². The summed E-state index contributed by atoms with van der Waals surface area (Å²) in [6.45, 7) is 6.15. The molecule has 1 heterocycles. The lowest BCUT2D eigenvalue weighted by atomic mass is 10.0. The largest absolute Gasteiger partial charge is 0.483 e. The average molecular weight is 388 g/mol. The fourth-order valence-electron chi connectivity index (χ4n) is 4.44. The van der Waals surface area contributed by atoms with E-state index in [1.54, 1.807) is 0 Å². The standard InChI is InChI=1S/C22H33N3O3/c1-15-11-18(22(27)24-19-8-6-7-17(19)13-23)12-16(2)21(15)28-14-20(26)25-9-4-3-5-10-25/h11-12,17,19H,3-10,13-14,23H2,1-2H3,(H,24,27). The molecule has 1 saturated heterocycles. The summed E-state index contributed by atoms with van der Waals surface area (Å²) in [5.41, 5.74) is 8.20. The minimum Gasteiger partial charge on any atom is -0.483 e. The lowest BCUT2D eigenvalue weighted by Crippen LogP contribution is -2.40. The van der Waals surface area contributed by atoms with Crippen molar-refractivity contribution >= 4 is 11.8 Å². The summed E-state index contributed by atoms with van der Waals surface area (Å²) in [5.74, 6) is 1.04. The van der Waals surface area contributed by atoms with Gasteiger partial charge in [-0.1, -0.05) is 6.42 Å². The maximum absolute atomic E-state index is 12.7. The lowest BCUT2D eigenvalue weighted by molar-refractivity contribution is -0.134. The molecule has 28 heavy (non-hydrogen) atoms. The monoisotopic (exact) mass is 387 g/mol. The van der Waals surface area contributed by atoms with Crippen molar-refractivity contribution in [3.05, 3.63) is 28.8 Å². The van der Waals surface area contributed by atoms with Crippen molar-refractivity contribution in [1.29, 1.82) is 0 Å². The number of aryl methyl sites for hydroxylation is 2. The maximum atomic E-state index is 12.7. The van der Waals surface area contributed by atoms with Crippen LogP contribution in [0.1, 0.15) is 60.0 Å². The van der Waals surface area contributed by atoms with Crippen molar-refractivity contribution in [1.82, 2.24) is 10.2 Å². The number of rotatable bonds is 6. The van der Waals surface area contributed by atoms with Crippen LogP contribution in [-0.4, -0.2) is 49.0 Å². The first kappa shape index (κ1) is 20.6. The van der Waals surface area contributed by atoms with Crippen molar-refractivity contribution in [2.24, 2.45) is 11.7 Å².